The van der Waals surface area contributed by atoms with Crippen LogP contribution < -0.4 is 0 Å². The monoisotopic (exact) mass is 286 g/mol. The van der Waals surface area contributed by atoms with Gasteiger partial charge in [-0.05, 0) is 40.8 Å². The Balaban J connectivity index is 1.91. The van der Waals surface area contributed by atoms with Crippen LogP contribution in [0.1, 0.15) is 24.0 Å². The lowest BCUT2D eigenvalue weighted by atomic mass is 9.70. The van der Waals surface area contributed by atoms with E-state index in [4.69, 9.17) is 4.74 Å². The molecule has 0 amide bonds. The molecular formula is C17H18O2S. The Hall–Kier alpha value is -1.45. The van der Waals surface area contributed by atoms with Gasteiger partial charge in [-0.1, -0.05) is 30.3 Å². The minimum Gasteiger partial charge on any atom is -0.381 e. The van der Waals surface area contributed by atoms with Gasteiger partial charge in [0, 0.05) is 19.6 Å². The zero-order valence-corrected chi connectivity index (χ0v) is 12.2. The van der Waals surface area contributed by atoms with E-state index in [9.17, 15) is 4.79 Å². The highest BCUT2D eigenvalue weighted by Gasteiger charge is 2.40. The van der Waals surface area contributed by atoms with Gasteiger partial charge >= 0.3 is 0 Å². The first kappa shape index (κ1) is 13.5. The van der Waals surface area contributed by atoms with Gasteiger partial charge in [0.05, 0.1) is 5.41 Å². The van der Waals surface area contributed by atoms with Crippen molar-refractivity contribution in [1.82, 2.24) is 0 Å². The van der Waals surface area contributed by atoms with Crippen LogP contribution in [0, 0.1) is 0 Å². The molecule has 0 atom stereocenters. The highest BCUT2D eigenvalue weighted by Crippen LogP contribution is 2.36. The van der Waals surface area contributed by atoms with E-state index >= 15 is 0 Å². The molecule has 0 radical (unpaired) electrons. The number of carbonyl (C=O) groups excluding carboxylic acids is 1. The van der Waals surface area contributed by atoms with Crippen molar-refractivity contribution >= 4 is 17.1 Å². The molecule has 2 nitrogen and oxygen atoms in total. The van der Waals surface area contributed by atoms with Crippen LogP contribution in [0.15, 0.2) is 47.2 Å². The number of benzene rings is 1. The van der Waals surface area contributed by atoms with Crippen LogP contribution in [-0.4, -0.2) is 19.0 Å². The molecule has 0 unspecified atom stereocenters. The van der Waals surface area contributed by atoms with E-state index in [1.807, 2.05) is 29.6 Å². The minimum absolute atomic E-state index is 0.324. The van der Waals surface area contributed by atoms with E-state index in [2.05, 4.69) is 17.5 Å². The molecule has 104 valence electrons. The molecule has 20 heavy (non-hydrogen) atoms. The van der Waals surface area contributed by atoms with Crippen molar-refractivity contribution in [3.63, 3.8) is 0 Å². The lowest BCUT2D eigenvalue weighted by Gasteiger charge is -2.36. The average Bonchev–Trinajstić information content (AvgIpc) is 3.02. The Morgan fingerprint density at radius 2 is 1.90 bits per heavy atom. The molecule has 2 aromatic rings. The molecule has 0 saturated carbocycles. The molecule has 0 N–H and O–H groups in total. The molecule has 3 heteroatoms. The van der Waals surface area contributed by atoms with Gasteiger partial charge in [-0.25, -0.2) is 0 Å². The third kappa shape index (κ3) is 2.56. The first-order valence-corrected chi connectivity index (χ1v) is 7.93. The first-order chi connectivity index (χ1) is 9.81. The Kier molecular flexibility index (Phi) is 3.99. The summed E-state index contributed by atoms with van der Waals surface area (Å²) in [7, 11) is 0. The van der Waals surface area contributed by atoms with Gasteiger partial charge in [0.15, 0.2) is 0 Å². The molecule has 0 spiro atoms. The lowest BCUT2D eigenvalue weighted by Crippen LogP contribution is -2.42. The van der Waals surface area contributed by atoms with Gasteiger partial charge in [-0.3, -0.25) is 4.79 Å². The van der Waals surface area contributed by atoms with Crippen molar-refractivity contribution in [3.8, 4) is 0 Å². The van der Waals surface area contributed by atoms with Crippen LogP contribution in [0.3, 0.4) is 0 Å². The maximum Gasteiger partial charge on any atom is 0.147 e. The zero-order valence-electron chi connectivity index (χ0n) is 11.4. The molecule has 1 fully saturated rings. The Bertz CT molecular complexity index is 554. The minimum atomic E-state index is -0.360. The van der Waals surface area contributed by atoms with Gasteiger partial charge in [-0.15, -0.1) is 0 Å². The predicted octanol–water partition coefficient (Wildman–Crippen LogP) is 3.61. The van der Waals surface area contributed by atoms with Crippen LogP contribution in [0.25, 0.3) is 0 Å². The number of carbonyl (C=O) groups is 1. The summed E-state index contributed by atoms with van der Waals surface area (Å²) in [6.07, 6.45) is 2.11. The lowest BCUT2D eigenvalue weighted by molar-refractivity contribution is -0.127. The molecule has 1 aromatic carbocycles. The zero-order chi connectivity index (χ0) is 13.8. The number of ether oxygens (including phenoxy) is 1. The van der Waals surface area contributed by atoms with Gasteiger partial charge in [-0.2, -0.15) is 11.3 Å². The SMILES string of the molecule is O=C(Cc1ccsc1)C1(c2ccccc2)CCOCC1. The van der Waals surface area contributed by atoms with Gasteiger partial charge in [0.1, 0.15) is 5.78 Å². The molecule has 1 saturated heterocycles. The summed E-state index contributed by atoms with van der Waals surface area (Å²) in [4.78, 5) is 12.9. The molecule has 1 aliphatic heterocycles. The van der Waals surface area contributed by atoms with E-state index in [1.165, 1.54) is 0 Å². The fourth-order valence-corrected chi connectivity index (χ4v) is 3.62. The van der Waals surface area contributed by atoms with E-state index in [-0.39, 0.29) is 5.41 Å². The molecule has 1 aromatic heterocycles. The molecule has 3 rings (SSSR count). The number of hydrogen-bond donors (Lipinski definition) is 0. The normalized spacial score (nSPS) is 17.8. The summed E-state index contributed by atoms with van der Waals surface area (Å²) in [6.45, 7) is 1.34. The summed E-state index contributed by atoms with van der Waals surface area (Å²) in [5, 5.41) is 4.09. The standard InChI is InChI=1S/C17H18O2S/c18-16(12-14-6-11-20-13-14)17(7-9-19-10-8-17)15-4-2-1-3-5-15/h1-6,11,13H,7-10,12H2. The fourth-order valence-electron chi connectivity index (χ4n) is 2.95. The molecule has 0 bridgehead atoms. The van der Waals surface area contributed by atoms with Gasteiger partial charge < -0.3 is 4.74 Å². The van der Waals surface area contributed by atoms with E-state index in [1.54, 1.807) is 11.3 Å². The summed E-state index contributed by atoms with van der Waals surface area (Å²) in [6, 6.07) is 12.2. The number of hydrogen-bond acceptors (Lipinski definition) is 3. The molecular weight excluding hydrogens is 268 g/mol. The summed E-state index contributed by atoms with van der Waals surface area (Å²) >= 11 is 1.65. The number of thiophene rings is 1. The third-order valence-electron chi connectivity index (χ3n) is 4.15. The highest BCUT2D eigenvalue weighted by atomic mass is 32.1. The summed E-state index contributed by atoms with van der Waals surface area (Å²) in [5.74, 6) is 0.324. The second-order valence-corrected chi connectivity index (χ2v) is 6.07. The maximum atomic E-state index is 12.9. The van der Waals surface area contributed by atoms with Crippen molar-refractivity contribution in [2.24, 2.45) is 0 Å². The van der Waals surface area contributed by atoms with Crippen LogP contribution in [0.2, 0.25) is 0 Å². The topological polar surface area (TPSA) is 26.3 Å². The number of Topliss-reactive ketones (excluding diaryl/α,β-unsaturated/α-hetero) is 1. The summed E-state index contributed by atoms with van der Waals surface area (Å²) < 4.78 is 5.48. The maximum absolute atomic E-state index is 12.9. The third-order valence-corrected chi connectivity index (χ3v) is 4.88. The van der Waals surface area contributed by atoms with Crippen molar-refractivity contribution in [2.75, 3.05) is 13.2 Å². The molecule has 2 heterocycles. The second-order valence-electron chi connectivity index (χ2n) is 5.29. The van der Waals surface area contributed by atoms with Crippen LogP contribution in [-0.2, 0) is 21.4 Å². The van der Waals surface area contributed by atoms with Crippen molar-refractivity contribution in [1.29, 1.82) is 0 Å². The van der Waals surface area contributed by atoms with Crippen LogP contribution in [0.4, 0.5) is 0 Å². The van der Waals surface area contributed by atoms with E-state index in [0.717, 1.165) is 24.0 Å². The molecule has 1 aliphatic rings. The van der Waals surface area contributed by atoms with Crippen LogP contribution >= 0.6 is 11.3 Å². The molecule has 0 aliphatic carbocycles. The fraction of sp³-hybridized carbons (Fsp3) is 0.353. The number of rotatable bonds is 4. The number of ketones is 1. The second kappa shape index (κ2) is 5.90. The first-order valence-electron chi connectivity index (χ1n) is 6.99. The Morgan fingerprint density at radius 1 is 1.15 bits per heavy atom. The van der Waals surface area contributed by atoms with Crippen LogP contribution in [0.5, 0.6) is 0 Å². The smallest absolute Gasteiger partial charge is 0.147 e. The largest absolute Gasteiger partial charge is 0.381 e. The quantitative estimate of drug-likeness (QED) is 0.858. The van der Waals surface area contributed by atoms with Crippen molar-refractivity contribution in [3.05, 3.63) is 58.3 Å². The van der Waals surface area contributed by atoms with E-state index in [0.29, 0.717) is 25.4 Å². The van der Waals surface area contributed by atoms with E-state index < -0.39 is 0 Å². The summed E-state index contributed by atoms with van der Waals surface area (Å²) in [5.41, 5.74) is 1.91. The van der Waals surface area contributed by atoms with Gasteiger partial charge in [0.25, 0.3) is 0 Å². The highest BCUT2D eigenvalue weighted by molar-refractivity contribution is 7.08. The van der Waals surface area contributed by atoms with Gasteiger partial charge in [0.2, 0.25) is 0 Å². The van der Waals surface area contributed by atoms with Crippen molar-refractivity contribution in [2.45, 2.75) is 24.7 Å². The van der Waals surface area contributed by atoms with Crippen molar-refractivity contribution < 1.29 is 9.53 Å². The average molecular weight is 286 g/mol. The Morgan fingerprint density at radius 3 is 2.55 bits per heavy atom. The predicted molar refractivity (Wildman–Crippen MR) is 81.2 cm³/mol. The Labute approximate surface area is 123 Å².